The Morgan fingerprint density at radius 1 is 0.619 bits per heavy atom. The highest BCUT2D eigenvalue weighted by atomic mass is 35.5. The predicted octanol–water partition coefficient (Wildman–Crippen LogP) is 6.22. The van der Waals surface area contributed by atoms with Crippen LogP contribution in [0.4, 0.5) is 0 Å². The summed E-state index contributed by atoms with van der Waals surface area (Å²) in [4.78, 5) is 1.22. The monoisotopic (exact) mass is 310 g/mol. The maximum Gasteiger partial charge on any atom is 0.0593 e. The van der Waals surface area contributed by atoms with Crippen molar-refractivity contribution in [2.24, 2.45) is 0 Å². The van der Waals surface area contributed by atoms with Gasteiger partial charge in [-0.05, 0) is 35.4 Å². The van der Waals surface area contributed by atoms with E-state index in [1.807, 2.05) is 23.9 Å². The number of thioether (sulfide) groups is 1. The van der Waals surface area contributed by atoms with Crippen LogP contribution in [0.15, 0.2) is 89.8 Å². The molecule has 0 atom stereocenters. The van der Waals surface area contributed by atoms with Crippen molar-refractivity contribution in [3.05, 3.63) is 101 Å². The standard InChI is InChI=1S/C19H15ClS/c20-17-11-13-18(14-12-17)21-19(15-7-3-1-4-8-15)16-9-5-2-6-10-16/h1-14,19H. The highest BCUT2D eigenvalue weighted by molar-refractivity contribution is 7.99. The number of halogens is 1. The van der Waals surface area contributed by atoms with E-state index in [-0.39, 0.29) is 5.25 Å². The third-order valence-corrected chi connectivity index (χ3v) is 4.85. The fourth-order valence-corrected chi connectivity index (χ4v) is 3.51. The van der Waals surface area contributed by atoms with Crippen LogP contribution in [0.2, 0.25) is 5.02 Å². The van der Waals surface area contributed by atoms with E-state index in [9.17, 15) is 0 Å². The lowest BCUT2D eigenvalue weighted by Gasteiger charge is -2.17. The molecule has 0 radical (unpaired) electrons. The van der Waals surface area contributed by atoms with Crippen LogP contribution in [0.25, 0.3) is 0 Å². The first-order chi connectivity index (χ1) is 10.3. The molecule has 0 aromatic heterocycles. The molecule has 0 amide bonds. The first kappa shape index (κ1) is 14.2. The van der Waals surface area contributed by atoms with Crippen molar-refractivity contribution in [1.82, 2.24) is 0 Å². The Balaban J connectivity index is 1.95. The third kappa shape index (κ3) is 3.69. The Morgan fingerprint density at radius 2 is 1.10 bits per heavy atom. The molecule has 0 saturated carbocycles. The largest absolute Gasteiger partial charge is 0.113 e. The Labute approximate surface area is 134 Å². The molecule has 104 valence electrons. The van der Waals surface area contributed by atoms with Crippen molar-refractivity contribution in [1.29, 1.82) is 0 Å². The van der Waals surface area contributed by atoms with E-state index in [4.69, 9.17) is 11.6 Å². The van der Waals surface area contributed by atoms with Gasteiger partial charge in [-0.3, -0.25) is 0 Å². The quantitative estimate of drug-likeness (QED) is 0.515. The minimum atomic E-state index is 0.286. The van der Waals surface area contributed by atoms with Crippen LogP contribution < -0.4 is 0 Å². The summed E-state index contributed by atoms with van der Waals surface area (Å²) in [5.74, 6) is 0. The van der Waals surface area contributed by atoms with Crippen LogP contribution in [0.1, 0.15) is 16.4 Å². The molecule has 0 bridgehead atoms. The minimum Gasteiger partial charge on any atom is -0.113 e. The number of benzene rings is 3. The van der Waals surface area contributed by atoms with Gasteiger partial charge in [-0.25, -0.2) is 0 Å². The fourth-order valence-electron chi connectivity index (χ4n) is 2.23. The second-order valence-electron chi connectivity index (χ2n) is 4.77. The Bertz CT molecular complexity index is 638. The average molecular weight is 311 g/mol. The lowest BCUT2D eigenvalue weighted by molar-refractivity contribution is 1.15. The molecule has 0 aliphatic carbocycles. The first-order valence-electron chi connectivity index (χ1n) is 6.85. The van der Waals surface area contributed by atoms with Gasteiger partial charge in [0, 0.05) is 9.92 Å². The molecule has 3 rings (SSSR count). The van der Waals surface area contributed by atoms with Crippen molar-refractivity contribution in [2.75, 3.05) is 0 Å². The number of rotatable bonds is 4. The third-order valence-electron chi connectivity index (χ3n) is 3.27. The molecule has 0 heterocycles. The van der Waals surface area contributed by atoms with E-state index in [0.717, 1.165) is 5.02 Å². The van der Waals surface area contributed by atoms with Crippen molar-refractivity contribution in [3.8, 4) is 0 Å². The van der Waals surface area contributed by atoms with Crippen molar-refractivity contribution >= 4 is 23.4 Å². The Hall–Kier alpha value is -1.70. The predicted molar refractivity (Wildman–Crippen MR) is 92.0 cm³/mol. The Kier molecular flexibility index (Phi) is 4.64. The summed E-state index contributed by atoms with van der Waals surface area (Å²) >= 11 is 7.82. The molecule has 0 aliphatic rings. The Morgan fingerprint density at radius 3 is 1.57 bits per heavy atom. The van der Waals surface area contributed by atoms with Gasteiger partial charge in [0.05, 0.1) is 5.25 Å². The zero-order chi connectivity index (χ0) is 14.5. The van der Waals surface area contributed by atoms with Gasteiger partial charge >= 0.3 is 0 Å². The summed E-state index contributed by atoms with van der Waals surface area (Å²) in [6.45, 7) is 0. The van der Waals surface area contributed by atoms with Crippen LogP contribution in [0.3, 0.4) is 0 Å². The zero-order valence-electron chi connectivity index (χ0n) is 11.4. The van der Waals surface area contributed by atoms with E-state index < -0.39 is 0 Å². The molecular formula is C19H15ClS. The molecular weight excluding hydrogens is 296 g/mol. The van der Waals surface area contributed by atoms with E-state index in [1.165, 1.54) is 16.0 Å². The van der Waals surface area contributed by atoms with Gasteiger partial charge in [0.15, 0.2) is 0 Å². The van der Waals surface area contributed by atoms with Gasteiger partial charge < -0.3 is 0 Å². The zero-order valence-corrected chi connectivity index (χ0v) is 13.0. The molecule has 2 heteroatoms. The fraction of sp³-hybridized carbons (Fsp3) is 0.0526. The van der Waals surface area contributed by atoms with Crippen LogP contribution in [-0.2, 0) is 0 Å². The minimum absolute atomic E-state index is 0.286. The molecule has 0 spiro atoms. The van der Waals surface area contributed by atoms with Gasteiger partial charge in [-0.1, -0.05) is 72.3 Å². The van der Waals surface area contributed by atoms with Crippen molar-refractivity contribution in [2.45, 2.75) is 10.1 Å². The van der Waals surface area contributed by atoms with Crippen LogP contribution in [0.5, 0.6) is 0 Å². The van der Waals surface area contributed by atoms with Gasteiger partial charge in [0.2, 0.25) is 0 Å². The van der Waals surface area contributed by atoms with E-state index in [2.05, 4.69) is 72.8 Å². The molecule has 21 heavy (non-hydrogen) atoms. The number of hydrogen-bond acceptors (Lipinski definition) is 1. The summed E-state index contributed by atoms with van der Waals surface area (Å²) < 4.78 is 0. The van der Waals surface area contributed by atoms with Gasteiger partial charge in [-0.15, -0.1) is 11.8 Å². The molecule has 0 nitrogen and oxygen atoms in total. The van der Waals surface area contributed by atoms with E-state index in [1.54, 1.807) is 0 Å². The second kappa shape index (κ2) is 6.84. The highest BCUT2D eigenvalue weighted by Crippen LogP contribution is 2.40. The summed E-state index contributed by atoms with van der Waals surface area (Å²) in [5, 5.41) is 1.06. The van der Waals surface area contributed by atoms with Crippen molar-refractivity contribution < 1.29 is 0 Å². The lowest BCUT2D eigenvalue weighted by atomic mass is 10.0. The van der Waals surface area contributed by atoms with Crippen LogP contribution >= 0.6 is 23.4 Å². The molecule has 3 aromatic rings. The molecule has 0 N–H and O–H groups in total. The van der Waals surface area contributed by atoms with Crippen molar-refractivity contribution in [3.63, 3.8) is 0 Å². The second-order valence-corrected chi connectivity index (χ2v) is 6.39. The SMILES string of the molecule is Clc1ccc(SC(c2ccccc2)c2ccccc2)cc1. The van der Waals surface area contributed by atoms with Crippen LogP contribution in [-0.4, -0.2) is 0 Å². The van der Waals surface area contributed by atoms with E-state index in [0.29, 0.717) is 0 Å². The summed E-state index contributed by atoms with van der Waals surface area (Å²) in [6, 6.07) is 29.2. The summed E-state index contributed by atoms with van der Waals surface area (Å²) in [5.41, 5.74) is 2.62. The number of hydrogen-bond donors (Lipinski definition) is 0. The smallest absolute Gasteiger partial charge is 0.0593 e. The summed E-state index contributed by atoms with van der Waals surface area (Å²) in [7, 11) is 0. The molecule has 0 aliphatic heterocycles. The van der Waals surface area contributed by atoms with E-state index >= 15 is 0 Å². The molecule has 0 saturated heterocycles. The molecule has 3 aromatic carbocycles. The normalized spacial score (nSPS) is 10.8. The topological polar surface area (TPSA) is 0 Å². The first-order valence-corrected chi connectivity index (χ1v) is 8.11. The lowest BCUT2D eigenvalue weighted by Crippen LogP contribution is -1.96. The maximum absolute atomic E-state index is 5.97. The maximum atomic E-state index is 5.97. The molecule has 0 fully saturated rings. The van der Waals surface area contributed by atoms with Gasteiger partial charge in [0.25, 0.3) is 0 Å². The molecule has 0 unspecified atom stereocenters. The van der Waals surface area contributed by atoms with Gasteiger partial charge in [-0.2, -0.15) is 0 Å². The van der Waals surface area contributed by atoms with Gasteiger partial charge in [0.1, 0.15) is 0 Å². The highest BCUT2D eigenvalue weighted by Gasteiger charge is 2.15. The average Bonchev–Trinajstić information content (AvgIpc) is 2.56. The summed E-state index contributed by atoms with van der Waals surface area (Å²) in [6.07, 6.45) is 0. The van der Waals surface area contributed by atoms with Crippen LogP contribution in [0, 0.1) is 0 Å².